The van der Waals surface area contributed by atoms with Crippen molar-refractivity contribution in [3.63, 3.8) is 0 Å². The highest BCUT2D eigenvalue weighted by atomic mass is 15.0. The Labute approximate surface area is 273 Å². The molecule has 0 bridgehead atoms. The molecule has 0 saturated heterocycles. The molecule has 10 rings (SSSR count). The van der Waals surface area contributed by atoms with Crippen LogP contribution in [0.15, 0.2) is 158 Å². The van der Waals surface area contributed by atoms with Crippen LogP contribution in [0.4, 0.5) is 0 Å². The van der Waals surface area contributed by atoms with Gasteiger partial charge in [0.15, 0.2) is 0 Å². The third-order valence-corrected chi connectivity index (χ3v) is 10.5. The summed E-state index contributed by atoms with van der Waals surface area (Å²) in [6, 6.07) is 58.1. The molecule has 222 valence electrons. The molecule has 1 aliphatic carbocycles. The zero-order chi connectivity index (χ0) is 31.3. The highest BCUT2D eigenvalue weighted by Crippen LogP contribution is 2.49. The second-order valence-corrected chi connectivity index (χ2v) is 13.4. The van der Waals surface area contributed by atoms with Gasteiger partial charge in [-0.15, -0.1) is 0 Å². The molecule has 2 heterocycles. The molecule has 0 aliphatic heterocycles. The van der Waals surface area contributed by atoms with Gasteiger partial charge in [0.2, 0.25) is 0 Å². The fraction of sp³-hybridized carbons (Fsp3) is 0.0667. The summed E-state index contributed by atoms with van der Waals surface area (Å²) in [7, 11) is 0. The van der Waals surface area contributed by atoms with E-state index in [0.717, 1.165) is 0 Å². The Morgan fingerprint density at radius 2 is 0.872 bits per heavy atom. The minimum absolute atomic E-state index is 0.0581. The van der Waals surface area contributed by atoms with E-state index in [0.29, 0.717) is 0 Å². The van der Waals surface area contributed by atoms with Crippen molar-refractivity contribution in [2.75, 3.05) is 0 Å². The summed E-state index contributed by atoms with van der Waals surface area (Å²) < 4.78 is 4.91. The Morgan fingerprint density at radius 1 is 0.362 bits per heavy atom. The molecule has 0 N–H and O–H groups in total. The van der Waals surface area contributed by atoms with Crippen LogP contribution in [0.5, 0.6) is 0 Å². The fourth-order valence-electron chi connectivity index (χ4n) is 8.25. The third kappa shape index (κ3) is 3.67. The number of benzene rings is 7. The van der Waals surface area contributed by atoms with Crippen LogP contribution >= 0.6 is 0 Å². The average Bonchev–Trinajstić information content (AvgIpc) is 3.70. The van der Waals surface area contributed by atoms with Gasteiger partial charge in [0.1, 0.15) is 0 Å². The molecule has 1 aliphatic rings. The van der Waals surface area contributed by atoms with Gasteiger partial charge in [0.05, 0.1) is 22.1 Å². The molecule has 9 aromatic rings. The smallest absolute Gasteiger partial charge is 0.0548 e. The monoisotopic (exact) mass is 600 g/mol. The maximum Gasteiger partial charge on any atom is 0.0548 e. The number of nitrogens with zero attached hydrogens (tertiary/aromatic N) is 2. The van der Waals surface area contributed by atoms with Crippen molar-refractivity contribution in [2.24, 2.45) is 0 Å². The average molecular weight is 601 g/mol. The summed E-state index contributed by atoms with van der Waals surface area (Å²) in [4.78, 5) is 0. The Balaban J connectivity index is 1.23. The van der Waals surface area contributed by atoms with Crippen LogP contribution in [-0.4, -0.2) is 9.13 Å². The lowest BCUT2D eigenvalue weighted by Crippen LogP contribution is -2.15. The summed E-state index contributed by atoms with van der Waals surface area (Å²) in [5, 5.41) is 5.06. The first-order valence-electron chi connectivity index (χ1n) is 16.4. The van der Waals surface area contributed by atoms with Gasteiger partial charge in [-0.2, -0.15) is 0 Å². The molecule has 2 nitrogen and oxygen atoms in total. The van der Waals surface area contributed by atoms with E-state index in [1.54, 1.807) is 0 Å². The highest BCUT2D eigenvalue weighted by molar-refractivity contribution is 6.19. The number of para-hydroxylation sites is 2. The molecule has 0 spiro atoms. The van der Waals surface area contributed by atoms with Crippen LogP contribution in [0.25, 0.3) is 77.2 Å². The van der Waals surface area contributed by atoms with E-state index in [9.17, 15) is 0 Å². The summed E-state index contributed by atoms with van der Waals surface area (Å²) in [6.45, 7) is 4.72. The van der Waals surface area contributed by atoms with Gasteiger partial charge in [0.25, 0.3) is 0 Å². The number of fused-ring (bicyclic) bond motifs is 9. The zero-order valence-electron chi connectivity index (χ0n) is 26.4. The van der Waals surface area contributed by atoms with E-state index in [4.69, 9.17) is 0 Å². The predicted octanol–water partition coefficient (Wildman–Crippen LogP) is 11.9. The molecule has 0 amide bonds. The maximum absolute atomic E-state index is 2.48. The van der Waals surface area contributed by atoms with Crippen molar-refractivity contribution < 1.29 is 0 Å². The van der Waals surface area contributed by atoms with Gasteiger partial charge in [-0.3, -0.25) is 0 Å². The van der Waals surface area contributed by atoms with Gasteiger partial charge < -0.3 is 9.13 Å². The molecular formula is C45H32N2. The Hall–Kier alpha value is -5.86. The number of aromatic nitrogens is 2. The van der Waals surface area contributed by atoms with Crippen LogP contribution < -0.4 is 0 Å². The Kier molecular flexibility index (Phi) is 5.37. The van der Waals surface area contributed by atoms with E-state index < -0.39 is 0 Å². The quantitative estimate of drug-likeness (QED) is 0.191. The van der Waals surface area contributed by atoms with Crippen molar-refractivity contribution >= 4 is 43.6 Å². The Bertz CT molecular complexity index is 2680. The first-order chi connectivity index (χ1) is 23.1. The molecule has 2 heteroatoms. The van der Waals surface area contributed by atoms with Crippen LogP contribution in [-0.2, 0) is 5.41 Å². The predicted molar refractivity (Wildman–Crippen MR) is 198 cm³/mol. The van der Waals surface area contributed by atoms with E-state index in [2.05, 4.69) is 181 Å². The molecule has 0 saturated carbocycles. The SMILES string of the molecule is CC1(C)c2ccccc2-c2ccc(-n3c4ccccc4c4cc5c(cc43)c3ccccc3n5-c3ccc(-c4ccccc4)cc3)cc21. The summed E-state index contributed by atoms with van der Waals surface area (Å²) in [5.41, 5.74) is 15.2. The van der Waals surface area contributed by atoms with Crippen molar-refractivity contribution in [1.29, 1.82) is 0 Å². The van der Waals surface area contributed by atoms with Gasteiger partial charge in [-0.1, -0.05) is 123 Å². The van der Waals surface area contributed by atoms with Crippen LogP contribution in [0.3, 0.4) is 0 Å². The van der Waals surface area contributed by atoms with Crippen LogP contribution in [0.1, 0.15) is 25.0 Å². The normalized spacial score (nSPS) is 13.5. The number of hydrogen-bond acceptors (Lipinski definition) is 0. The molecule has 7 aromatic carbocycles. The van der Waals surface area contributed by atoms with Gasteiger partial charge in [-0.25, -0.2) is 0 Å². The minimum Gasteiger partial charge on any atom is -0.309 e. The topological polar surface area (TPSA) is 9.86 Å². The third-order valence-electron chi connectivity index (χ3n) is 10.5. The second kappa shape index (κ2) is 9.57. The summed E-state index contributed by atoms with van der Waals surface area (Å²) in [5.74, 6) is 0. The minimum atomic E-state index is -0.0581. The van der Waals surface area contributed by atoms with E-state index in [-0.39, 0.29) is 5.41 Å². The fourth-order valence-corrected chi connectivity index (χ4v) is 8.25. The van der Waals surface area contributed by atoms with Crippen molar-refractivity contribution in [3.05, 3.63) is 169 Å². The molecule has 0 atom stereocenters. The van der Waals surface area contributed by atoms with Crippen molar-refractivity contribution in [3.8, 4) is 33.6 Å². The van der Waals surface area contributed by atoms with Gasteiger partial charge in [-0.05, 0) is 81.9 Å². The molecular weight excluding hydrogens is 569 g/mol. The standard InChI is InChI=1S/C45H32N2/c1-45(2)39-17-9-6-14-33(39)34-25-24-32(26-40(34)45)47-42-19-11-8-16-36(42)38-27-43-37(28-44(38)47)35-15-7-10-18-41(35)46(43)31-22-20-30(21-23-31)29-12-4-3-5-13-29/h3-28H,1-2H3. The van der Waals surface area contributed by atoms with E-state index in [1.165, 1.54) is 88.4 Å². The van der Waals surface area contributed by atoms with E-state index in [1.807, 2.05) is 0 Å². The van der Waals surface area contributed by atoms with Gasteiger partial charge in [0, 0.05) is 38.3 Å². The lowest BCUT2D eigenvalue weighted by molar-refractivity contribution is 0.660. The molecule has 0 unspecified atom stereocenters. The second-order valence-electron chi connectivity index (χ2n) is 13.4. The number of hydrogen-bond donors (Lipinski definition) is 0. The highest BCUT2D eigenvalue weighted by Gasteiger charge is 2.35. The Morgan fingerprint density at radius 3 is 1.55 bits per heavy atom. The summed E-state index contributed by atoms with van der Waals surface area (Å²) in [6.07, 6.45) is 0. The number of rotatable bonds is 3. The lowest BCUT2D eigenvalue weighted by atomic mass is 9.82. The molecule has 2 aromatic heterocycles. The van der Waals surface area contributed by atoms with Crippen LogP contribution in [0.2, 0.25) is 0 Å². The maximum atomic E-state index is 2.48. The first kappa shape index (κ1) is 26.4. The van der Waals surface area contributed by atoms with Crippen molar-refractivity contribution in [1.82, 2.24) is 9.13 Å². The lowest BCUT2D eigenvalue weighted by Gasteiger charge is -2.22. The molecule has 0 radical (unpaired) electrons. The summed E-state index contributed by atoms with van der Waals surface area (Å²) >= 11 is 0. The zero-order valence-corrected chi connectivity index (χ0v) is 26.4. The van der Waals surface area contributed by atoms with Crippen molar-refractivity contribution in [2.45, 2.75) is 19.3 Å². The largest absolute Gasteiger partial charge is 0.309 e. The molecule has 0 fully saturated rings. The van der Waals surface area contributed by atoms with Gasteiger partial charge >= 0.3 is 0 Å². The first-order valence-corrected chi connectivity index (χ1v) is 16.4. The van der Waals surface area contributed by atoms with Crippen LogP contribution in [0, 0.1) is 0 Å². The molecule has 47 heavy (non-hydrogen) atoms. The van der Waals surface area contributed by atoms with E-state index >= 15 is 0 Å².